The maximum Gasteiger partial charge on any atom is 0.355 e. The van der Waals surface area contributed by atoms with Gasteiger partial charge in [0.1, 0.15) is 0 Å². The van der Waals surface area contributed by atoms with Crippen LogP contribution in [0.15, 0.2) is 34.5 Å². The predicted molar refractivity (Wildman–Crippen MR) is 134 cm³/mol. The van der Waals surface area contributed by atoms with Crippen molar-refractivity contribution in [1.29, 1.82) is 0 Å². The summed E-state index contributed by atoms with van der Waals surface area (Å²) in [6.07, 6.45) is 2.68. The SMILES string of the molecule is COc1c(Cl)cc(C=NNC(=O)NN=Cc2cc(Cl)c(OC)c(OC(C)C)c2)cc1OC(C)C. The Morgan fingerprint density at radius 3 is 1.50 bits per heavy atom. The molecule has 0 fully saturated rings. The van der Waals surface area contributed by atoms with Crippen LogP contribution in [-0.2, 0) is 0 Å². The molecule has 0 bridgehead atoms. The molecule has 0 aliphatic carbocycles. The van der Waals surface area contributed by atoms with Crippen LogP contribution < -0.4 is 29.8 Å². The minimum absolute atomic E-state index is 0.0764. The number of nitrogens with zero attached hydrogens (tertiary/aromatic N) is 2. The lowest BCUT2D eigenvalue weighted by molar-refractivity contribution is 0.230. The molecule has 0 heterocycles. The van der Waals surface area contributed by atoms with Crippen molar-refractivity contribution >= 4 is 41.7 Å². The smallest absolute Gasteiger partial charge is 0.355 e. The first-order valence-corrected chi connectivity index (χ1v) is 11.1. The Labute approximate surface area is 209 Å². The fourth-order valence-electron chi connectivity index (χ4n) is 2.76. The molecule has 184 valence electrons. The van der Waals surface area contributed by atoms with Gasteiger partial charge in [0.2, 0.25) is 0 Å². The zero-order valence-corrected chi connectivity index (χ0v) is 21.3. The van der Waals surface area contributed by atoms with Crippen LogP contribution in [0.4, 0.5) is 4.79 Å². The van der Waals surface area contributed by atoms with E-state index in [0.717, 1.165) is 0 Å². The second-order valence-corrected chi connectivity index (χ2v) is 8.28. The van der Waals surface area contributed by atoms with E-state index in [1.165, 1.54) is 26.6 Å². The molecule has 2 rings (SSSR count). The van der Waals surface area contributed by atoms with Gasteiger partial charge in [-0.1, -0.05) is 23.2 Å². The van der Waals surface area contributed by atoms with Crippen LogP contribution in [0, 0.1) is 0 Å². The molecule has 0 atom stereocenters. The molecule has 0 aromatic heterocycles. The van der Waals surface area contributed by atoms with Gasteiger partial charge in [0.15, 0.2) is 23.0 Å². The third-order valence-electron chi connectivity index (χ3n) is 3.96. The van der Waals surface area contributed by atoms with Crippen LogP contribution >= 0.6 is 23.2 Å². The molecular weight excluding hydrogens is 483 g/mol. The van der Waals surface area contributed by atoms with Gasteiger partial charge in [-0.2, -0.15) is 10.2 Å². The van der Waals surface area contributed by atoms with E-state index < -0.39 is 6.03 Å². The van der Waals surface area contributed by atoms with Crippen LogP contribution in [0.3, 0.4) is 0 Å². The maximum absolute atomic E-state index is 12.0. The van der Waals surface area contributed by atoms with Crippen molar-refractivity contribution in [2.45, 2.75) is 39.9 Å². The van der Waals surface area contributed by atoms with E-state index >= 15 is 0 Å². The van der Waals surface area contributed by atoms with Gasteiger partial charge >= 0.3 is 6.03 Å². The monoisotopic (exact) mass is 510 g/mol. The highest BCUT2D eigenvalue weighted by atomic mass is 35.5. The molecule has 0 saturated heterocycles. The van der Waals surface area contributed by atoms with Crippen LogP contribution in [0.5, 0.6) is 23.0 Å². The number of nitrogens with one attached hydrogen (secondary N) is 2. The molecule has 2 aromatic carbocycles. The van der Waals surface area contributed by atoms with E-state index in [-0.39, 0.29) is 12.2 Å². The molecule has 0 unspecified atom stereocenters. The molecule has 9 nitrogen and oxygen atoms in total. The van der Waals surface area contributed by atoms with Crippen molar-refractivity contribution in [3.8, 4) is 23.0 Å². The number of methoxy groups -OCH3 is 2. The number of carbonyl (C=O) groups is 1. The summed E-state index contributed by atoms with van der Waals surface area (Å²) in [5.74, 6) is 1.79. The summed E-state index contributed by atoms with van der Waals surface area (Å²) in [7, 11) is 3.01. The summed E-state index contributed by atoms with van der Waals surface area (Å²) in [4.78, 5) is 12.0. The fraction of sp³-hybridized carbons (Fsp3) is 0.348. The number of benzene rings is 2. The number of ether oxygens (including phenoxy) is 4. The molecule has 11 heteroatoms. The van der Waals surface area contributed by atoms with E-state index in [9.17, 15) is 4.79 Å². The summed E-state index contributed by atoms with van der Waals surface area (Å²) in [6, 6.07) is 6.04. The van der Waals surface area contributed by atoms with E-state index in [0.29, 0.717) is 44.2 Å². The minimum Gasteiger partial charge on any atom is -0.491 e. The second kappa shape index (κ2) is 12.9. The van der Waals surface area contributed by atoms with Gasteiger partial charge in [0, 0.05) is 0 Å². The van der Waals surface area contributed by atoms with E-state index in [2.05, 4.69) is 21.1 Å². The zero-order chi connectivity index (χ0) is 25.3. The Morgan fingerprint density at radius 1 is 0.794 bits per heavy atom. The van der Waals surface area contributed by atoms with Gasteiger partial charge < -0.3 is 18.9 Å². The highest BCUT2D eigenvalue weighted by molar-refractivity contribution is 6.33. The van der Waals surface area contributed by atoms with Gasteiger partial charge in [-0.15, -0.1) is 0 Å². The Kier molecular flexibility index (Phi) is 10.3. The van der Waals surface area contributed by atoms with Crippen molar-refractivity contribution in [3.05, 3.63) is 45.4 Å². The number of hydrogen-bond donors (Lipinski definition) is 2. The highest BCUT2D eigenvalue weighted by Gasteiger charge is 2.13. The van der Waals surface area contributed by atoms with Crippen molar-refractivity contribution in [2.24, 2.45) is 10.2 Å². The van der Waals surface area contributed by atoms with E-state index in [4.69, 9.17) is 42.1 Å². The zero-order valence-electron chi connectivity index (χ0n) is 19.8. The standard InChI is InChI=1S/C23H28Cl2N4O5/c1-13(2)33-19-9-15(7-17(24)21(19)31-5)11-26-28-23(30)29-27-12-16-8-18(25)22(32-6)20(10-16)34-14(3)4/h7-14H,1-6H3,(H2,28,29,30). The average Bonchev–Trinajstić information content (AvgIpc) is 2.73. The number of halogens is 2. The van der Waals surface area contributed by atoms with Gasteiger partial charge in [-0.3, -0.25) is 0 Å². The van der Waals surface area contributed by atoms with Crippen LogP contribution in [0.1, 0.15) is 38.8 Å². The average molecular weight is 511 g/mol. The fourth-order valence-corrected chi connectivity index (χ4v) is 3.35. The number of rotatable bonds is 10. The lowest BCUT2D eigenvalue weighted by Gasteiger charge is -2.15. The summed E-state index contributed by atoms with van der Waals surface area (Å²) in [6.45, 7) is 7.55. The Balaban J connectivity index is 2.02. The van der Waals surface area contributed by atoms with E-state index in [1.807, 2.05) is 27.7 Å². The van der Waals surface area contributed by atoms with Crippen LogP contribution in [0.2, 0.25) is 10.0 Å². The van der Waals surface area contributed by atoms with Crippen LogP contribution in [-0.4, -0.2) is 44.9 Å². The summed E-state index contributed by atoms with van der Waals surface area (Å²) in [5.41, 5.74) is 5.84. The normalized spacial score (nSPS) is 11.4. The molecule has 2 N–H and O–H groups in total. The number of urea groups is 1. The largest absolute Gasteiger partial charge is 0.491 e. The summed E-state index contributed by atoms with van der Waals surface area (Å²) < 4.78 is 22.0. The van der Waals surface area contributed by atoms with Gasteiger partial charge in [0.05, 0.1) is 48.9 Å². The molecule has 0 spiro atoms. The molecule has 0 saturated carbocycles. The lowest BCUT2D eigenvalue weighted by atomic mass is 10.2. The Bertz CT molecular complexity index is 977. The van der Waals surface area contributed by atoms with Gasteiger partial charge in [0.25, 0.3) is 0 Å². The van der Waals surface area contributed by atoms with Crippen molar-refractivity contribution < 1.29 is 23.7 Å². The number of carbonyl (C=O) groups excluding carboxylic acids is 1. The number of hydrogen-bond acceptors (Lipinski definition) is 7. The topological polar surface area (TPSA) is 103 Å². The summed E-state index contributed by atoms with van der Waals surface area (Å²) in [5, 5.41) is 8.50. The van der Waals surface area contributed by atoms with Crippen molar-refractivity contribution in [2.75, 3.05) is 14.2 Å². The first-order valence-electron chi connectivity index (χ1n) is 10.3. The molecule has 0 aliphatic heterocycles. The number of hydrazone groups is 2. The van der Waals surface area contributed by atoms with Crippen LogP contribution in [0.25, 0.3) is 0 Å². The maximum atomic E-state index is 12.0. The van der Waals surface area contributed by atoms with Gasteiger partial charge in [-0.25, -0.2) is 15.6 Å². The first kappa shape index (κ1) is 27.1. The molecule has 34 heavy (non-hydrogen) atoms. The third kappa shape index (κ3) is 8.00. The second-order valence-electron chi connectivity index (χ2n) is 7.47. The Morgan fingerprint density at radius 2 is 1.18 bits per heavy atom. The first-order chi connectivity index (χ1) is 16.1. The quantitative estimate of drug-likeness (QED) is 0.335. The van der Waals surface area contributed by atoms with Crippen molar-refractivity contribution in [3.63, 3.8) is 0 Å². The predicted octanol–water partition coefficient (Wildman–Crippen LogP) is 5.25. The summed E-state index contributed by atoms with van der Waals surface area (Å²) >= 11 is 12.5. The Hall–Kier alpha value is -3.17. The minimum atomic E-state index is -0.649. The molecule has 0 aliphatic rings. The molecule has 0 radical (unpaired) electrons. The van der Waals surface area contributed by atoms with E-state index in [1.54, 1.807) is 24.3 Å². The molecular formula is C23H28Cl2N4O5. The molecule has 2 amide bonds. The highest BCUT2D eigenvalue weighted by Crippen LogP contribution is 2.37. The molecule has 2 aromatic rings. The van der Waals surface area contributed by atoms with Gasteiger partial charge in [-0.05, 0) is 63.1 Å². The number of amides is 2. The third-order valence-corrected chi connectivity index (χ3v) is 4.52. The lowest BCUT2D eigenvalue weighted by Crippen LogP contribution is -2.28. The van der Waals surface area contributed by atoms with Crippen molar-refractivity contribution in [1.82, 2.24) is 10.9 Å².